The van der Waals surface area contributed by atoms with Crippen molar-refractivity contribution in [2.75, 3.05) is 5.32 Å². The van der Waals surface area contributed by atoms with Crippen molar-refractivity contribution in [2.45, 2.75) is 0 Å². The van der Waals surface area contributed by atoms with Crippen LogP contribution < -0.4 is 5.32 Å². The molecule has 0 fully saturated rings. The zero-order valence-electron chi connectivity index (χ0n) is 12.0. The molecule has 0 saturated heterocycles. The molecule has 1 amide bonds. The molecule has 6 heteroatoms. The van der Waals surface area contributed by atoms with Crippen molar-refractivity contribution in [3.63, 3.8) is 0 Å². The van der Waals surface area contributed by atoms with Crippen LogP contribution in [-0.2, 0) is 0 Å². The summed E-state index contributed by atoms with van der Waals surface area (Å²) < 4.78 is 1.01. The topological polar surface area (TPSA) is 70.7 Å². The normalized spacial score (nSPS) is 10.8. The number of carbonyl (C=O) groups is 1. The monoisotopic (exact) mass is 320 g/mol. The predicted octanol–water partition coefficient (Wildman–Crippen LogP) is 3.94. The Labute approximate surface area is 136 Å². The summed E-state index contributed by atoms with van der Waals surface area (Å²) in [4.78, 5) is 16.7. The zero-order valence-corrected chi connectivity index (χ0v) is 12.8. The number of nitrogens with one attached hydrogen (secondary N) is 2. The van der Waals surface area contributed by atoms with Gasteiger partial charge in [0.25, 0.3) is 5.91 Å². The molecule has 4 aromatic rings. The van der Waals surface area contributed by atoms with Crippen LogP contribution >= 0.6 is 11.3 Å². The SMILES string of the molecule is O=C(Nc1ccc(-c2ccn[nH]2)cc1)c1nc2ccccc2s1. The first-order chi connectivity index (χ1) is 11.3. The minimum absolute atomic E-state index is 0.194. The standard InChI is InChI=1S/C17H12N4OS/c22-16(17-20-14-3-1-2-4-15(14)23-17)19-12-7-5-11(6-8-12)13-9-10-18-21-13/h1-10H,(H,18,21)(H,19,22). The molecule has 0 aliphatic heterocycles. The fraction of sp³-hybridized carbons (Fsp3) is 0. The van der Waals surface area contributed by atoms with Gasteiger partial charge in [-0.25, -0.2) is 4.98 Å². The summed E-state index contributed by atoms with van der Waals surface area (Å²) in [7, 11) is 0. The molecule has 0 atom stereocenters. The molecule has 0 bridgehead atoms. The van der Waals surface area contributed by atoms with E-state index in [0.717, 1.165) is 27.2 Å². The van der Waals surface area contributed by atoms with E-state index in [4.69, 9.17) is 0 Å². The number of amides is 1. The molecule has 23 heavy (non-hydrogen) atoms. The van der Waals surface area contributed by atoms with E-state index in [1.54, 1.807) is 6.20 Å². The van der Waals surface area contributed by atoms with Gasteiger partial charge in [-0.15, -0.1) is 11.3 Å². The lowest BCUT2D eigenvalue weighted by Crippen LogP contribution is -2.11. The van der Waals surface area contributed by atoms with Crippen LogP contribution in [0.4, 0.5) is 5.69 Å². The molecule has 0 unspecified atom stereocenters. The van der Waals surface area contributed by atoms with E-state index >= 15 is 0 Å². The average Bonchev–Trinajstić information content (AvgIpc) is 3.25. The van der Waals surface area contributed by atoms with Crippen LogP contribution in [0.5, 0.6) is 0 Å². The third kappa shape index (κ3) is 2.72. The first-order valence-corrected chi connectivity index (χ1v) is 7.88. The molecule has 2 aromatic heterocycles. The van der Waals surface area contributed by atoms with Crippen LogP contribution in [0.2, 0.25) is 0 Å². The quantitative estimate of drug-likeness (QED) is 0.600. The van der Waals surface area contributed by atoms with Crippen LogP contribution in [0.25, 0.3) is 21.5 Å². The maximum atomic E-state index is 12.3. The first kappa shape index (κ1) is 13.7. The number of aromatic nitrogens is 3. The summed E-state index contributed by atoms with van der Waals surface area (Å²) in [6, 6.07) is 17.2. The highest BCUT2D eigenvalue weighted by Gasteiger charge is 2.12. The largest absolute Gasteiger partial charge is 0.320 e. The number of benzene rings is 2. The number of hydrogen-bond acceptors (Lipinski definition) is 4. The molecule has 112 valence electrons. The number of para-hydroxylation sites is 1. The molecule has 2 N–H and O–H groups in total. The van der Waals surface area contributed by atoms with Gasteiger partial charge in [0.2, 0.25) is 0 Å². The Bertz CT molecular complexity index is 925. The summed E-state index contributed by atoms with van der Waals surface area (Å²) in [5, 5.41) is 10.2. The summed E-state index contributed by atoms with van der Waals surface area (Å²) >= 11 is 1.39. The number of thiazole rings is 1. The first-order valence-electron chi connectivity index (χ1n) is 7.06. The van der Waals surface area contributed by atoms with Gasteiger partial charge in [-0.2, -0.15) is 5.10 Å². The number of fused-ring (bicyclic) bond motifs is 1. The molecular formula is C17H12N4OS. The van der Waals surface area contributed by atoms with Crippen molar-refractivity contribution < 1.29 is 4.79 Å². The van der Waals surface area contributed by atoms with Crippen molar-refractivity contribution in [1.29, 1.82) is 0 Å². The Morgan fingerprint density at radius 3 is 2.61 bits per heavy atom. The molecule has 2 aromatic carbocycles. The molecule has 0 aliphatic carbocycles. The average molecular weight is 320 g/mol. The molecule has 0 radical (unpaired) electrons. The molecule has 5 nitrogen and oxygen atoms in total. The van der Waals surface area contributed by atoms with Crippen molar-refractivity contribution >= 4 is 33.1 Å². The van der Waals surface area contributed by atoms with E-state index in [1.807, 2.05) is 54.6 Å². The van der Waals surface area contributed by atoms with Crippen LogP contribution in [0, 0.1) is 0 Å². The Morgan fingerprint density at radius 2 is 1.87 bits per heavy atom. The summed E-state index contributed by atoms with van der Waals surface area (Å²) in [5.74, 6) is -0.194. The van der Waals surface area contributed by atoms with Gasteiger partial charge in [0.1, 0.15) is 0 Å². The van der Waals surface area contributed by atoms with Gasteiger partial charge in [0.05, 0.1) is 15.9 Å². The third-order valence-corrected chi connectivity index (χ3v) is 4.48. The van der Waals surface area contributed by atoms with Gasteiger partial charge in [0.15, 0.2) is 5.01 Å². The number of rotatable bonds is 3. The molecule has 4 rings (SSSR count). The molecule has 0 spiro atoms. The molecule has 0 saturated carbocycles. The second-order valence-electron chi connectivity index (χ2n) is 4.99. The number of hydrogen-bond donors (Lipinski definition) is 2. The van der Waals surface area contributed by atoms with E-state index in [-0.39, 0.29) is 5.91 Å². The minimum Gasteiger partial charge on any atom is -0.320 e. The van der Waals surface area contributed by atoms with Gasteiger partial charge in [0, 0.05) is 11.9 Å². The van der Waals surface area contributed by atoms with E-state index in [0.29, 0.717) is 5.01 Å². The lowest BCUT2D eigenvalue weighted by Gasteiger charge is -2.04. The van der Waals surface area contributed by atoms with Crippen molar-refractivity contribution in [3.05, 3.63) is 65.8 Å². The fourth-order valence-corrected chi connectivity index (χ4v) is 3.16. The summed E-state index contributed by atoms with van der Waals surface area (Å²) in [6.45, 7) is 0. The Morgan fingerprint density at radius 1 is 1.04 bits per heavy atom. The zero-order chi connectivity index (χ0) is 15.6. The van der Waals surface area contributed by atoms with E-state index in [1.165, 1.54) is 11.3 Å². The van der Waals surface area contributed by atoms with Crippen molar-refractivity contribution in [2.24, 2.45) is 0 Å². The van der Waals surface area contributed by atoms with Crippen LogP contribution in [0.15, 0.2) is 60.8 Å². The van der Waals surface area contributed by atoms with Crippen LogP contribution in [-0.4, -0.2) is 21.1 Å². The molecular weight excluding hydrogens is 308 g/mol. The summed E-state index contributed by atoms with van der Waals surface area (Å²) in [6.07, 6.45) is 1.71. The van der Waals surface area contributed by atoms with Gasteiger partial charge in [-0.05, 0) is 35.9 Å². The Hall–Kier alpha value is -2.99. The smallest absolute Gasteiger partial charge is 0.284 e. The van der Waals surface area contributed by atoms with Crippen molar-refractivity contribution in [3.8, 4) is 11.3 Å². The second-order valence-corrected chi connectivity index (χ2v) is 6.02. The highest BCUT2D eigenvalue weighted by atomic mass is 32.1. The lowest BCUT2D eigenvalue weighted by atomic mass is 10.1. The van der Waals surface area contributed by atoms with Crippen LogP contribution in [0.1, 0.15) is 9.80 Å². The van der Waals surface area contributed by atoms with E-state index in [9.17, 15) is 4.79 Å². The maximum Gasteiger partial charge on any atom is 0.284 e. The van der Waals surface area contributed by atoms with E-state index in [2.05, 4.69) is 20.5 Å². The molecule has 2 heterocycles. The number of anilines is 1. The van der Waals surface area contributed by atoms with Crippen molar-refractivity contribution in [1.82, 2.24) is 15.2 Å². The van der Waals surface area contributed by atoms with Crippen LogP contribution in [0.3, 0.4) is 0 Å². The number of nitrogens with zero attached hydrogens (tertiary/aromatic N) is 2. The fourth-order valence-electron chi connectivity index (χ4n) is 2.30. The highest BCUT2D eigenvalue weighted by molar-refractivity contribution is 7.20. The Kier molecular flexibility index (Phi) is 3.36. The van der Waals surface area contributed by atoms with Gasteiger partial charge in [-0.1, -0.05) is 24.3 Å². The second kappa shape index (κ2) is 5.66. The van der Waals surface area contributed by atoms with E-state index < -0.39 is 0 Å². The molecule has 0 aliphatic rings. The number of H-pyrrole nitrogens is 1. The minimum atomic E-state index is -0.194. The highest BCUT2D eigenvalue weighted by Crippen LogP contribution is 2.23. The van der Waals surface area contributed by atoms with Gasteiger partial charge < -0.3 is 5.32 Å². The predicted molar refractivity (Wildman–Crippen MR) is 91.6 cm³/mol. The number of carbonyl (C=O) groups excluding carboxylic acids is 1. The lowest BCUT2D eigenvalue weighted by molar-refractivity contribution is 0.102. The third-order valence-electron chi connectivity index (χ3n) is 3.44. The van der Waals surface area contributed by atoms with Gasteiger partial charge in [-0.3, -0.25) is 9.89 Å². The maximum absolute atomic E-state index is 12.3. The summed E-state index contributed by atoms with van der Waals surface area (Å²) in [5.41, 5.74) is 3.53. The Balaban J connectivity index is 1.54. The van der Waals surface area contributed by atoms with Gasteiger partial charge >= 0.3 is 0 Å². The number of aromatic amines is 1.